The van der Waals surface area contributed by atoms with E-state index in [-0.39, 0.29) is 5.91 Å². The van der Waals surface area contributed by atoms with Crippen LogP contribution < -0.4 is 11.2 Å². The van der Waals surface area contributed by atoms with Crippen molar-refractivity contribution in [1.29, 1.82) is 0 Å². The van der Waals surface area contributed by atoms with Gasteiger partial charge in [-0.15, -0.1) is 11.3 Å². The summed E-state index contributed by atoms with van der Waals surface area (Å²) in [6, 6.07) is 2.04. The van der Waals surface area contributed by atoms with Gasteiger partial charge in [0.05, 0.1) is 21.8 Å². The number of fused-ring (bicyclic) bond motifs is 1. The number of rotatable bonds is 3. The van der Waals surface area contributed by atoms with Crippen molar-refractivity contribution in [3.63, 3.8) is 0 Å². The molecule has 0 unspecified atom stereocenters. The van der Waals surface area contributed by atoms with Crippen LogP contribution in [0.4, 0.5) is 5.00 Å². The van der Waals surface area contributed by atoms with Crippen LogP contribution in [-0.2, 0) is 12.8 Å². The Morgan fingerprint density at radius 1 is 1.29 bits per heavy atom. The van der Waals surface area contributed by atoms with Gasteiger partial charge in [-0.2, -0.15) is 9.47 Å². The van der Waals surface area contributed by atoms with Gasteiger partial charge in [0.2, 0.25) is 0 Å². The summed E-state index contributed by atoms with van der Waals surface area (Å²) in [5.74, 6) is -0.148. The summed E-state index contributed by atoms with van der Waals surface area (Å²) in [5, 5.41) is 4.85. The summed E-state index contributed by atoms with van der Waals surface area (Å²) < 4.78 is 4.21. The number of amides is 1. The molecule has 0 bridgehead atoms. The summed E-state index contributed by atoms with van der Waals surface area (Å²) >= 11 is 2.85. The first-order valence-corrected chi connectivity index (χ1v) is 9.83. The van der Waals surface area contributed by atoms with Crippen molar-refractivity contribution in [2.24, 2.45) is 5.10 Å². The zero-order valence-electron chi connectivity index (χ0n) is 14.0. The number of nitrogen functional groups attached to an aromatic ring is 1. The largest absolute Gasteiger partial charge is 0.389 e. The van der Waals surface area contributed by atoms with Crippen molar-refractivity contribution in [1.82, 2.24) is 9.80 Å². The van der Waals surface area contributed by atoms with Crippen molar-refractivity contribution < 1.29 is 4.79 Å². The molecule has 1 aliphatic rings. The summed E-state index contributed by atoms with van der Waals surface area (Å²) in [4.78, 5) is 14.5. The number of aromatic nitrogens is 1. The first kappa shape index (κ1) is 17.1. The van der Waals surface area contributed by atoms with Gasteiger partial charge in [0.1, 0.15) is 5.00 Å². The number of nitrogens with zero attached hydrogens (tertiary/aromatic N) is 2. The molecule has 0 radical (unpaired) electrons. The van der Waals surface area contributed by atoms with Crippen LogP contribution in [0.3, 0.4) is 0 Å². The van der Waals surface area contributed by atoms with E-state index in [9.17, 15) is 4.79 Å². The number of hydrazone groups is 1. The second kappa shape index (κ2) is 7.44. The lowest BCUT2D eigenvalue weighted by Crippen LogP contribution is -2.18. The highest BCUT2D eigenvalue weighted by Gasteiger charge is 2.16. The van der Waals surface area contributed by atoms with E-state index in [1.807, 2.05) is 19.9 Å². The lowest BCUT2D eigenvalue weighted by atomic mass is 10.00. The highest BCUT2D eigenvalue weighted by atomic mass is 32.1. The number of thiophene rings is 1. The predicted octanol–water partition coefficient (Wildman–Crippen LogP) is 3.91. The third-order valence-electron chi connectivity index (χ3n) is 4.30. The van der Waals surface area contributed by atoms with Crippen molar-refractivity contribution in [2.45, 2.75) is 52.4 Å². The van der Waals surface area contributed by atoms with E-state index in [2.05, 4.69) is 14.9 Å². The van der Waals surface area contributed by atoms with Crippen LogP contribution >= 0.6 is 22.9 Å². The first-order chi connectivity index (χ1) is 11.6. The highest BCUT2D eigenvalue weighted by Crippen LogP contribution is 2.28. The fraction of sp³-hybridized carbons (Fsp3) is 0.471. The second-order valence-electron chi connectivity index (χ2n) is 6.12. The molecule has 0 spiro atoms. The Kier molecular flexibility index (Phi) is 5.30. The van der Waals surface area contributed by atoms with Gasteiger partial charge in [-0.25, -0.2) is 5.43 Å². The minimum Gasteiger partial charge on any atom is -0.389 e. The zero-order valence-corrected chi connectivity index (χ0v) is 15.6. The summed E-state index contributed by atoms with van der Waals surface area (Å²) in [7, 11) is 0. The number of hydrogen-bond donors (Lipinski definition) is 2. The Labute approximate surface area is 150 Å². The van der Waals surface area contributed by atoms with Gasteiger partial charge in [-0.1, -0.05) is 12.8 Å². The van der Waals surface area contributed by atoms with Gasteiger partial charge in [0.15, 0.2) is 0 Å². The monoisotopic (exact) mass is 362 g/mol. The molecule has 0 atom stereocenters. The molecule has 0 aliphatic heterocycles. The third-order valence-corrected chi connectivity index (χ3v) is 6.30. The average Bonchev–Trinajstić information content (AvgIpc) is 3.08. The number of carbonyl (C=O) groups excluding carboxylic acids is 1. The van der Waals surface area contributed by atoms with Crippen molar-refractivity contribution in [3.05, 3.63) is 32.6 Å². The van der Waals surface area contributed by atoms with Crippen LogP contribution in [0.25, 0.3) is 0 Å². The summed E-state index contributed by atoms with van der Waals surface area (Å²) in [6.45, 7) is 3.73. The number of nitrogens with two attached hydrogens (primary N) is 1. The molecule has 7 heteroatoms. The zero-order chi connectivity index (χ0) is 17.1. The minimum atomic E-state index is -0.148. The van der Waals surface area contributed by atoms with E-state index in [0.29, 0.717) is 10.7 Å². The summed E-state index contributed by atoms with van der Waals surface area (Å²) in [6.07, 6.45) is 7.18. The second-order valence-corrected chi connectivity index (χ2v) is 8.06. The molecular formula is C17H22N4OS2. The number of hydrogen-bond acceptors (Lipinski definition) is 6. The minimum absolute atomic E-state index is 0.148. The van der Waals surface area contributed by atoms with E-state index in [1.54, 1.807) is 11.3 Å². The van der Waals surface area contributed by atoms with E-state index in [1.165, 1.54) is 47.7 Å². The SMILES string of the molecule is C/C(=N/NC(=O)c1cc2c(s1)CCCCCC2)c1c(C)nsc1N. The van der Waals surface area contributed by atoms with Gasteiger partial charge in [0.25, 0.3) is 5.91 Å². The molecule has 0 saturated heterocycles. The number of carbonyl (C=O) groups is 1. The lowest BCUT2D eigenvalue weighted by Gasteiger charge is -2.07. The van der Waals surface area contributed by atoms with Gasteiger partial charge < -0.3 is 5.73 Å². The first-order valence-electron chi connectivity index (χ1n) is 8.24. The standard InChI is InChI=1S/C17H22N4OS2/c1-10(15-11(2)21-24-16(15)18)19-20-17(22)14-9-12-7-5-3-4-6-8-13(12)23-14/h9H,3-8,18H2,1-2H3,(H,20,22)/b19-10-. The maximum absolute atomic E-state index is 12.4. The quantitative estimate of drug-likeness (QED) is 0.642. The third kappa shape index (κ3) is 3.67. The van der Waals surface area contributed by atoms with Gasteiger partial charge in [-0.05, 0) is 62.7 Å². The Morgan fingerprint density at radius 2 is 2.04 bits per heavy atom. The average molecular weight is 363 g/mol. The molecule has 3 N–H and O–H groups in total. The molecule has 2 heterocycles. The van der Waals surface area contributed by atoms with Gasteiger partial charge in [-0.3, -0.25) is 4.79 Å². The van der Waals surface area contributed by atoms with Crippen molar-refractivity contribution in [3.8, 4) is 0 Å². The molecule has 2 aromatic heterocycles. The van der Waals surface area contributed by atoms with Crippen LogP contribution in [0.2, 0.25) is 0 Å². The fourth-order valence-corrected chi connectivity index (χ4v) is 4.89. The number of nitrogens with one attached hydrogen (secondary N) is 1. The molecule has 0 saturated carbocycles. The van der Waals surface area contributed by atoms with Crippen LogP contribution in [-0.4, -0.2) is 16.0 Å². The van der Waals surface area contributed by atoms with Crippen LogP contribution in [0.5, 0.6) is 0 Å². The Morgan fingerprint density at radius 3 is 2.75 bits per heavy atom. The Bertz CT molecular complexity index is 731. The highest BCUT2D eigenvalue weighted by molar-refractivity contribution is 7.14. The topological polar surface area (TPSA) is 80.4 Å². The van der Waals surface area contributed by atoms with Gasteiger partial charge in [0, 0.05) is 4.88 Å². The molecule has 128 valence electrons. The van der Waals surface area contributed by atoms with Crippen LogP contribution in [0, 0.1) is 6.92 Å². The van der Waals surface area contributed by atoms with Crippen LogP contribution in [0.15, 0.2) is 11.2 Å². The molecule has 1 aliphatic carbocycles. The molecule has 5 nitrogen and oxygen atoms in total. The summed E-state index contributed by atoms with van der Waals surface area (Å²) in [5.41, 5.74) is 12.3. The Balaban J connectivity index is 1.73. The fourth-order valence-electron chi connectivity index (χ4n) is 3.03. The van der Waals surface area contributed by atoms with Crippen molar-refractivity contribution >= 4 is 39.5 Å². The molecular weight excluding hydrogens is 340 g/mol. The molecule has 1 amide bonds. The number of anilines is 1. The molecule has 0 aromatic carbocycles. The predicted molar refractivity (Wildman–Crippen MR) is 101 cm³/mol. The molecule has 3 rings (SSSR count). The lowest BCUT2D eigenvalue weighted by molar-refractivity contribution is 0.0959. The van der Waals surface area contributed by atoms with Crippen LogP contribution in [0.1, 0.15) is 64.0 Å². The molecule has 24 heavy (non-hydrogen) atoms. The normalized spacial score (nSPS) is 15.5. The van der Waals surface area contributed by atoms with Gasteiger partial charge >= 0.3 is 0 Å². The maximum Gasteiger partial charge on any atom is 0.281 e. The molecule has 0 fully saturated rings. The number of aryl methyl sites for hydroxylation is 3. The van der Waals surface area contributed by atoms with E-state index < -0.39 is 0 Å². The van der Waals surface area contributed by atoms with E-state index in [0.717, 1.165) is 29.0 Å². The van der Waals surface area contributed by atoms with E-state index >= 15 is 0 Å². The smallest absolute Gasteiger partial charge is 0.281 e. The Hall–Kier alpha value is -1.73. The van der Waals surface area contributed by atoms with E-state index in [4.69, 9.17) is 5.73 Å². The molecule has 2 aromatic rings. The van der Waals surface area contributed by atoms with Crippen molar-refractivity contribution in [2.75, 3.05) is 5.73 Å². The maximum atomic E-state index is 12.4.